The third-order valence-electron chi connectivity index (χ3n) is 5.20. The van der Waals surface area contributed by atoms with Crippen molar-refractivity contribution >= 4 is 17.7 Å². The molecule has 1 aromatic rings. The van der Waals surface area contributed by atoms with Crippen LogP contribution in [0.3, 0.4) is 0 Å². The number of thioether (sulfide) groups is 1. The van der Waals surface area contributed by atoms with Gasteiger partial charge in [0.05, 0.1) is 5.75 Å². The van der Waals surface area contributed by atoms with E-state index in [2.05, 4.69) is 10.2 Å². The van der Waals surface area contributed by atoms with Crippen LogP contribution in [0, 0.1) is 17.6 Å². The SMILES string of the molecule is O=C(CSc1ccc(F)c(F)c1)NC1CCN(CC2CCCC2)CC1. The molecule has 1 amide bonds. The Morgan fingerprint density at radius 1 is 1.12 bits per heavy atom. The summed E-state index contributed by atoms with van der Waals surface area (Å²) in [6, 6.07) is 3.96. The molecule has 0 spiro atoms. The second kappa shape index (κ2) is 8.99. The molecule has 3 rings (SSSR count). The van der Waals surface area contributed by atoms with Crippen LogP contribution < -0.4 is 5.32 Å². The van der Waals surface area contributed by atoms with Crippen molar-refractivity contribution in [3.63, 3.8) is 0 Å². The summed E-state index contributed by atoms with van der Waals surface area (Å²) in [6.07, 6.45) is 7.50. The first-order valence-corrected chi connectivity index (χ1v) is 10.2. The van der Waals surface area contributed by atoms with Crippen LogP contribution in [-0.2, 0) is 4.79 Å². The van der Waals surface area contributed by atoms with Gasteiger partial charge < -0.3 is 10.2 Å². The summed E-state index contributed by atoms with van der Waals surface area (Å²) in [4.78, 5) is 15.2. The number of hydrogen-bond donors (Lipinski definition) is 1. The normalized spacial score (nSPS) is 20.1. The number of nitrogens with one attached hydrogen (secondary N) is 1. The first kappa shape index (κ1) is 18.6. The summed E-state index contributed by atoms with van der Waals surface area (Å²) in [7, 11) is 0. The van der Waals surface area contributed by atoms with Gasteiger partial charge in [-0.3, -0.25) is 4.79 Å². The van der Waals surface area contributed by atoms with Crippen LogP contribution in [0.15, 0.2) is 23.1 Å². The number of carbonyl (C=O) groups excluding carboxylic acids is 1. The highest BCUT2D eigenvalue weighted by Gasteiger charge is 2.24. The first-order chi connectivity index (χ1) is 12.1. The van der Waals surface area contributed by atoms with Crippen LogP contribution in [0.4, 0.5) is 8.78 Å². The Hall–Kier alpha value is -1.14. The predicted molar refractivity (Wildman–Crippen MR) is 96.6 cm³/mol. The van der Waals surface area contributed by atoms with E-state index in [1.165, 1.54) is 50.1 Å². The van der Waals surface area contributed by atoms with Gasteiger partial charge in [-0.25, -0.2) is 8.78 Å². The van der Waals surface area contributed by atoms with E-state index in [1.807, 2.05) is 0 Å². The number of hydrogen-bond acceptors (Lipinski definition) is 3. The van der Waals surface area contributed by atoms with Crippen LogP contribution >= 0.6 is 11.8 Å². The largest absolute Gasteiger partial charge is 0.353 e. The molecule has 1 saturated heterocycles. The van der Waals surface area contributed by atoms with E-state index >= 15 is 0 Å². The molecule has 1 saturated carbocycles. The number of nitrogens with zero attached hydrogens (tertiary/aromatic N) is 1. The Morgan fingerprint density at radius 3 is 2.52 bits per heavy atom. The van der Waals surface area contributed by atoms with E-state index in [1.54, 1.807) is 0 Å². The quantitative estimate of drug-likeness (QED) is 0.775. The Bertz CT molecular complexity index is 585. The van der Waals surface area contributed by atoms with Crippen LogP contribution in [0.2, 0.25) is 0 Å². The van der Waals surface area contributed by atoms with Gasteiger partial charge in [-0.1, -0.05) is 12.8 Å². The third-order valence-corrected chi connectivity index (χ3v) is 6.20. The summed E-state index contributed by atoms with van der Waals surface area (Å²) in [5, 5.41) is 3.08. The molecule has 0 aromatic heterocycles. The number of halogens is 2. The van der Waals surface area contributed by atoms with Gasteiger partial charge in [0.15, 0.2) is 11.6 Å². The van der Waals surface area contributed by atoms with Crippen molar-refractivity contribution in [3.8, 4) is 0 Å². The van der Waals surface area contributed by atoms with Crippen LogP contribution in [-0.4, -0.2) is 42.2 Å². The van der Waals surface area contributed by atoms with Crippen molar-refractivity contribution in [3.05, 3.63) is 29.8 Å². The van der Waals surface area contributed by atoms with Gasteiger partial charge in [0, 0.05) is 30.6 Å². The molecule has 2 fully saturated rings. The molecule has 1 heterocycles. The van der Waals surface area contributed by atoms with Crippen molar-refractivity contribution in [2.24, 2.45) is 5.92 Å². The maximum absolute atomic E-state index is 13.2. The molecule has 2 aliphatic rings. The summed E-state index contributed by atoms with van der Waals surface area (Å²) in [5.74, 6) is -0.672. The van der Waals surface area contributed by atoms with Gasteiger partial charge in [0.1, 0.15) is 0 Å². The predicted octanol–water partition coefficient (Wildman–Crippen LogP) is 3.83. The lowest BCUT2D eigenvalue weighted by Crippen LogP contribution is -2.46. The van der Waals surface area contributed by atoms with Gasteiger partial charge in [-0.2, -0.15) is 0 Å². The van der Waals surface area contributed by atoms with E-state index in [0.717, 1.165) is 44.0 Å². The minimum absolute atomic E-state index is 0.0380. The summed E-state index contributed by atoms with van der Waals surface area (Å²) < 4.78 is 26.1. The van der Waals surface area contributed by atoms with Crippen molar-refractivity contribution in [2.45, 2.75) is 49.5 Å². The maximum Gasteiger partial charge on any atom is 0.230 e. The number of carbonyl (C=O) groups is 1. The number of benzene rings is 1. The second-order valence-electron chi connectivity index (χ2n) is 7.16. The highest BCUT2D eigenvalue weighted by atomic mass is 32.2. The minimum Gasteiger partial charge on any atom is -0.353 e. The van der Waals surface area contributed by atoms with Crippen LogP contribution in [0.25, 0.3) is 0 Å². The average Bonchev–Trinajstić information content (AvgIpc) is 3.11. The molecule has 25 heavy (non-hydrogen) atoms. The van der Waals surface area contributed by atoms with E-state index in [0.29, 0.717) is 4.90 Å². The lowest BCUT2D eigenvalue weighted by atomic mass is 10.0. The maximum atomic E-state index is 13.2. The molecular formula is C19H26F2N2OS. The Morgan fingerprint density at radius 2 is 1.84 bits per heavy atom. The van der Waals surface area contributed by atoms with E-state index in [4.69, 9.17) is 0 Å². The average molecular weight is 368 g/mol. The van der Waals surface area contributed by atoms with Gasteiger partial charge in [0.25, 0.3) is 0 Å². The van der Waals surface area contributed by atoms with E-state index in [9.17, 15) is 13.6 Å². The fourth-order valence-corrected chi connectivity index (χ4v) is 4.53. The van der Waals surface area contributed by atoms with Crippen molar-refractivity contribution in [1.29, 1.82) is 0 Å². The lowest BCUT2D eigenvalue weighted by molar-refractivity contribution is -0.119. The monoisotopic (exact) mass is 368 g/mol. The molecule has 6 heteroatoms. The zero-order chi connectivity index (χ0) is 17.6. The Kier molecular flexibility index (Phi) is 6.70. The minimum atomic E-state index is -0.875. The van der Waals surface area contributed by atoms with E-state index < -0.39 is 11.6 Å². The molecule has 0 unspecified atom stereocenters. The fraction of sp³-hybridized carbons (Fsp3) is 0.632. The fourth-order valence-electron chi connectivity index (χ4n) is 3.80. The first-order valence-electron chi connectivity index (χ1n) is 9.20. The number of likely N-dealkylation sites (tertiary alicyclic amines) is 1. The number of rotatable bonds is 6. The summed E-state index contributed by atoms with van der Waals surface area (Å²) in [6.45, 7) is 3.32. The van der Waals surface area contributed by atoms with Gasteiger partial charge >= 0.3 is 0 Å². The number of piperidine rings is 1. The topological polar surface area (TPSA) is 32.3 Å². The molecule has 1 aliphatic carbocycles. The molecule has 0 atom stereocenters. The Labute approximate surface area is 152 Å². The van der Waals surface area contributed by atoms with Gasteiger partial charge in [-0.05, 0) is 49.8 Å². The highest BCUT2D eigenvalue weighted by molar-refractivity contribution is 8.00. The van der Waals surface area contributed by atoms with Crippen molar-refractivity contribution < 1.29 is 13.6 Å². The van der Waals surface area contributed by atoms with E-state index in [-0.39, 0.29) is 17.7 Å². The molecule has 1 N–H and O–H groups in total. The standard InChI is InChI=1S/C19H26F2N2OS/c20-17-6-5-16(11-18(17)21)25-13-19(24)22-15-7-9-23(10-8-15)12-14-3-1-2-4-14/h5-6,11,14-15H,1-4,7-10,12-13H2,(H,22,24). The van der Waals surface area contributed by atoms with Crippen molar-refractivity contribution in [1.82, 2.24) is 10.2 Å². The molecule has 3 nitrogen and oxygen atoms in total. The van der Waals surface area contributed by atoms with Gasteiger partial charge in [0.2, 0.25) is 5.91 Å². The van der Waals surface area contributed by atoms with Gasteiger partial charge in [-0.15, -0.1) is 11.8 Å². The third kappa shape index (κ3) is 5.68. The molecule has 0 radical (unpaired) electrons. The molecule has 1 aromatic carbocycles. The molecule has 138 valence electrons. The Balaban J connectivity index is 1.35. The zero-order valence-electron chi connectivity index (χ0n) is 14.5. The van der Waals surface area contributed by atoms with Crippen LogP contribution in [0.5, 0.6) is 0 Å². The number of amides is 1. The smallest absolute Gasteiger partial charge is 0.230 e. The summed E-state index contributed by atoms with van der Waals surface area (Å²) in [5.41, 5.74) is 0. The summed E-state index contributed by atoms with van der Waals surface area (Å²) >= 11 is 1.23. The molecular weight excluding hydrogens is 342 g/mol. The lowest BCUT2D eigenvalue weighted by Gasteiger charge is -2.33. The second-order valence-corrected chi connectivity index (χ2v) is 8.21. The van der Waals surface area contributed by atoms with Crippen molar-refractivity contribution in [2.75, 3.05) is 25.4 Å². The molecule has 1 aliphatic heterocycles. The zero-order valence-corrected chi connectivity index (χ0v) is 15.3. The highest BCUT2D eigenvalue weighted by Crippen LogP contribution is 2.26. The van der Waals surface area contributed by atoms with Crippen LogP contribution in [0.1, 0.15) is 38.5 Å². The molecule has 0 bridgehead atoms.